The van der Waals surface area contributed by atoms with Crippen molar-refractivity contribution in [2.24, 2.45) is 0 Å². The summed E-state index contributed by atoms with van der Waals surface area (Å²) in [6.45, 7) is 3.34. The molecule has 9 nitrogen and oxygen atoms in total. The number of pyridine rings is 1. The van der Waals surface area contributed by atoms with Gasteiger partial charge >= 0.3 is 0 Å². The lowest BCUT2D eigenvalue weighted by atomic mass is 10.2. The number of carboxylic acids is 1. The maximum absolute atomic E-state index is 13.2. The minimum Gasteiger partial charge on any atom is -0.481 e. The van der Waals surface area contributed by atoms with E-state index in [0.29, 0.717) is 38.6 Å². The van der Waals surface area contributed by atoms with Gasteiger partial charge in [0, 0.05) is 20.2 Å². The molecule has 3 aromatic rings. The predicted molar refractivity (Wildman–Crippen MR) is 126 cm³/mol. The SMILES string of the molecule is CC(=O)O.Cc1ccc2nc(NCc3ccco3)c(/C=C3\SC(=S)N(C)C3=O)c(=O)n2c1. The molecule has 0 atom stereocenters. The second kappa shape index (κ2) is 9.79. The van der Waals surface area contributed by atoms with Crippen LogP contribution in [0, 0.1) is 6.92 Å². The smallest absolute Gasteiger partial charge is 0.300 e. The first kappa shape index (κ1) is 23.2. The number of furan rings is 1. The summed E-state index contributed by atoms with van der Waals surface area (Å²) in [6.07, 6.45) is 4.86. The van der Waals surface area contributed by atoms with Crippen molar-refractivity contribution in [1.29, 1.82) is 0 Å². The van der Waals surface area contributed by atoms with Crippen LogP contribution in [0.4, 0.5) is 5.82 Å². The number of carboxylic acid groups (broad SMARTS) is 1. The summed E-state index contributed by atoms with van der Waals surface area (Å²) in [5.74, 6) is 0.0177. The number of rotatable bonds is 4. The van der Waals surface area contributed by atoms with Crippen molar-refractivity contribution in [3.8, 4) is 0 Å². The number of hydrogen-bond donors (Lipinski definition) is 2. The Balaban J connectivity index is 0.000000668. The fraction of sp³-hybridized carbons (Fsp3) is 0.190. The Bertz CT molecular complexity index is 1280. The van der Waals surface area contributed by atoms with E-state index in [1.807, 2.05) is 19.1 Å². The first-order valence-electron chi connectivity index (χ1n) is 9.37. The zero-order valence-corrected chi connectivity index (χ0v) is 19.1. The molecule has 0 spiro atoms. The van der Waals surface area contributed by atoms with Gasteiger partial charge in [-0.05, 0) is 36.8 Å². The monoisotopic (exact) mass is 472 g/mol. The number of thiocarbonyl (C=S) groups is 1. The molecular formula is C21H20N4O5S2. The summed E-state index contributed by atoms with van der Waals surface area (Å²) in [6, 6.07) is 7.28. The number of thioether (sulfide) groups is 1. The molecule has 1 fully saturated rings. The van der Waals surface area contributed by atoms with Crippen LogP contribution in [0.25, 0.3) is 11.7 Å². The molecule has 1 saturated heterocycles. The van der Waals surface area contributed by atoms with E-state index in [2.05, 4.69) is 10.3 Å². The van der Waals surface area contributed by atoms with Crippen LogP contribution >= 0.6 is 24.0 Å². The van der Waals surface area contributed by atoms with Gasteiger partial charge in [-0.3, -0.25) is 23.7 Å². The highest BCUT2D eigenvalue weighted by Gasteiger charge is 2.29. The number of aliphatic carboxylic acids is 1. The molecule has 0 aromatic carbocycles. The molecule has 1 aliphatic heterocycles. The van der Waals surface area contributed by atoms with E-state index < -0.39 is 5.97 Å². The molecule has 0 bridgehead atoms. The molecule has 0 radical (unpaired) electrons. The number of likely N-dealkylation sites (N-methyl/N-ethyl adjacent to an activating group) is 1. The van der Waals surface area contributed by atoms with Crippen molar-refractivity contribution in [2.75, 3.05) is 12.4 Å². The summed E-state index contributed by atoms with van der Waals surface area (Å²) < 4.78 is 7.26. The van der Waals surface area contributed by atoms with Crippen LogP contribution in [0.15, 0.2) is 50.8 Å². The van der Waals surface area contributed by atoms with Crippen LogP contribution < -0.4 is 10.9 Å². The first-order valence-corrected chi connectivity index (χ1v) is 10.6. The number of nitrogens with one attached hydrogen (secondary N) is 1. The molecule has 1 aliphatic rings. The number of fused-ring (bicyclic) bond motifs is 1. The van der Waals surface area contributed by atoms with Gasteiger partial charge in [0.2, 0.25) is 0 Å². The van der Waals surface area contributed by atoms with Crippen molar-refractivity contribution in [3.05, 3.63) is 68.9 Å². The van der Waals surface area contributed by atoms with Crippen molar-refractivity contribution < 1.29 is 19.1 Å². The van der Waals surface area contributed by atoms with Crippen molar-refractivity contribution in [2.45, 2.75) is 20.4 Å². The van der Waals surface area contributed by atoms with Crippen LogP contribution in [0.1, 0.15) is 23.8 Å². The predicted octanol–water partition coefficient (Wildman–Crippen LogP) is 3.13. The number of carbonyl (C=O) groups is 2. The van der Waals surface area contributed by atoms with E-state index in [1.165, 1.54) is 21.1 Å². The summed E-state index contributed by atoms with van der Waals surface area (Å²) in [7, 11) is 1.61. The van der Waals surface area contributed by atoms with Crippen molar-refractivity contribution in [1.82, 2.24) is 14.3 Å². The fourth-order valence-electron chi connectivity index (χ4n) is 2.78. The van der Waals surface area contributed by atoms with E-state index in [-0.39, 0.29) is 11.5 Å². The average Bonchev–Trinajstić information content (AvgIpc) is 3.33. The Hall–Kier alpha value is -3.44. The van der Waals surface area contributed by atoms with E-state index in [1.54, 1.807) is 37.7 Å². The van der Waals surface area contributed by atoms with Crippen molar-refractivity contribution in [3.63, 3.8) is 0 Å². The van der Waals surface area contributed by atoms with Crippen LogP contribution in [-0.2, 0) is 16.1 Å². The summed E-state index contributed by atoms with van der Waals surface area (Å²) in [4.78, 5) is 40.9. The lowest BCUT2D eigenvalue weighted by molar-refractivity contribution is -0.134. The average molecular weight is 473 g/mol. The lowest BCUT2D eigenvalue weighted by Crippen LogP contribution is -2.23. The van der Waals surface area contributed by atoms with E-state index in [4.69, 9.17) is 26.5 Å². The first-order chi connectivity index (χ1) is 15.2. The molecule has 4 rings (SSSR count). The van der Waals surface area contributed by atoms with Crippen LogP contribution in [0.5, 0.6) is 0 Å². The number of carbonyl (C=O) groups excluding carboxylic acids is 1. The third-order valence-corrected chi connectivity index (χ3v) is 5.76. The van der Waals surface area contributed by atoms with Gasteiger partial charge in [0.1, 0.15) is 21.5 Å². The van der Waals surface area contributed by atoms with Crippen LogP contribution in [-0.4, -0.2) is 42.6 Å². The maximum Gasteiger partial charge on any atom is 0.300 e. The number of hydrogen-bond acceptors (Lipinski definition) is 8. The third-order valence-electron chi connectivity index (χ3n) is 4.28. The van der Waals surface area contributed by atoms with Crippen molar-refractivity contribution >= 4 is 57.7 Å². The van der Waals surface area contributed by atoms with Crippen LogP contribution in [0.3, 0.4) is 0 Å². The molecule has 4 heterocycles. The Morgan fingerprint density at radius 3 is 2.66 bits per heavy atom. The topological polar surface area (TPSA) is 117 Å². The minimum atomic E-state index is -0.833. The van der Waals surface area contributed by atoms with Gasteiger partial charge in [-0.15, -0.1) is 0 Å². The number of aromatic nitrogens is 2. The summed E-state index contributed by atoms with van der Waals surface area (Å²) in [5, 5.41) is 10.6. The van der Waals surface area contributed by atoms with Gasteiger partial charge < -0.3 is 14.8 Å². The lowest BCUT2D eigenvalue weighted by Gasteiger charge is -2.11. The molecule has 0 aliphatic carbocycles. The normalized spacial score (nSPS) is 14.6. The third kappa shape index (κ3) is 5.24. The zero-order chi connectivity index (χ0) is 23.4. The molecule has 11 heteroatoms. The molecule has 1 amide bonds. The molecule has 0 unspecified atom stereocenters. The van der Waals surface area contributed by atoms with Crippen LogP contribution in [0.2, 0.25) is 0 Å². The molecule has 166 valence electrons. The second-order valence-corrected chi connectivity index (χ2v) is 8.48. The highest BCUT2D eigenvalue weighted by Crippen LogP contribution is 2.31. The highest BCUT2D eigenvalue weighted by molar-refractivity contribution is 8.26. The second-order valence-electron chi connectivity index (χ2n) is 6.81. The zero-order valence-electron chi connectivity index (χ0n) is 17.5. The maximum atomic E-state index is 13.2. The van der Waals surface area contributed by atoms with Gasteiger partial charge in [0.25, 0.3) is 17.4 Å². The van der Waals surface area contributed by atoms with E-state index in [0.717, 1.165) is 12.5 Å². The molecule has 32 heavy (non-hydrogen) atoms. The van der Waals surface area contributed by atoms with E-state index in [9.17, 15) is 9.59 Å². The molecule has 3 aromatic heterocycles. The summed E-state index contributed by atoms with van der Waals surface area (Å²) >= 11 is 6.34. The van der Waals surface area contributed by atoms with Gasteiger partial charge in [-0.2, -0.15) is 0 Å². The standard InChI is InChI=1S/C19H16N4O3S2.C2H4O2/c1-11-5-6-15-21-16(20-9-12-4-3-7-26-12)13(17(24)23(15)10-11)8-14-18(25)22(2)19(27)28-14;1-2(3)4/h3-8,10,20H,9H2,1-2H3;1H3,(H,3,4)/b14-8-;. The quantitative estimate of drug-likeness (QED) is 0.436. The Kier molecular flexibility index (Phi) is 7.11. The largest absolute Gasteiger partial charge is 0.481 e. The number of nitrogens with zero attached hydrogens (tertiary/aromatic N) is 3. The van der Waals surface area contributed by atoms with Gasteiger partial charge in [0.15, 0.2) is 0 Å². The Labute approximate surface area is 192 Å². The Morgan fingerprint density at radius 2 is 2.06 bits per heavy atom. The molecule has 0 saturated carbocycles. The van der Waals surface area contributed by atoms with Gasteiger partial charge in [0.05, 0.1) is 23.3 Å². The fourth-order valence-corrected chi connectivity index (χ4v) is 3.95. The van der Waals surface area contributed by atoms with Gasteiger partial charge in [-0.1, -0.05) is 30.0 Å². The minimum absolute atomic E-state index is 0.235. The number of amides is 1. The highest BCUT2D eigenvalue weighted by atomic mass is 32.2. The molecular weight excluding hydrogens is 452 g/mol. The van der Waals surface area contributed by atoms with Gasteiger partial charge in [-0.25, -0.2) is 4.98 Å². The summed E-state index contributed by atoms with van der Waals surface area (Å²) in [5.41, 5.74) is 1.47. The van der Waals surface area contributed by atoms with E-state index >= 15 is 0 Å². The number of aryl methyl sites for hydroxylation is 1. The number of anilines is 1. The Morgan fingerprint density at radius 1 is 1.34 bits per heavy atom. The molecule has 2 N–H and O–H groups in total.